The van der Waals surface area contributed by atoms with Crippen molar-refractivity contribution < 1.29 is 17.6 Å². The minimum atomic E-state index is -3.51. The quantitative estimate of drug-likeness (QED) is 0.650. The lowest BCUT2D eigenvalue weighted by atomic mass is 10.1. The maximum Gasteiger partial charge on any atom is 0.315 e. The minimum absolute atomic E-state index is 0. The van der Waals surface area contributed by atoms with Gasteiger partial charge in [0.2, 0.25) is 10.0 Å². The van der Waals surface area contributed by atoms with Gasteiger partial charge in [0.1, 0.15) is 5.82 Å². The van der Waals surface area contributed by atoms with Crippen molar-refractivity contribution >= 4 is 28.5 Å². The van der Waals surface area contributed by atoms with E-state index in [1.807, 2.05) is 0 Å². The molecule has 160 valence electrons. The van der Waals surface area contributed by atoms with Crippen LogP contribution in [-0.2, 0) is 16.6 Å². The van der Waals surface area contributed by atoms with Gasteiger partial charge in [-0.3, -0.25) is 0 Å². The molecule has 0 aliphatic rings. The highest BCUT2D eigenvalue weighted by Crippen LogP contribution is 2.19. The van der Waals surface area contributed by atoms with Crippen LogP contribution in [0.15, 0.2) is 53.4 Å². The van der Waals surface area contributed by atoms with Crippen LogP contribution in [0.3, 0.4) is 0 Å². The van der Waals surface area contributed by atoms with Crippen LogP contribution in [0.1, 0.15) is 37.9 Å². The van der Waals surface area contributed by atoms with Gasteiger partial charge in [0.15, 0.2) is 0 Å². The molecule has 0 aliphatic heterocycles. The highest BCUT2D eigenvalue weighted by molar-refractivity contribution is 7.89. The number of amides is 2. The van der Waals surface area contributed by atoms with Crippen molar-refractivity contribution in [2.45, 2.75) is 38.3 Å². The Hall–Kier alpha value is -2.16. The van der Waals surface area contributed by atoms with Gasteiger partial charge >= 0.3 is 6.03 Å². The van der Waals surface area contributed by atoms with Crippen LogP contribution in [0.2, 0.25) is 0 Å². The summed E-state index contributed by atoms with van der Waals surface area (Å²) in [5.41, 5.74) is 1.16. The number of halogens is 2. The van der Waals surface area contributed by atoms with Crippen LogP contribution in [0.4, 0.5) is 9.18 Å². The number of rotatable bonds is 8. The van der Waals surface area contributed by atoms with Crippen molar-refractivity contribution in [3.63, 3.8) is 0 Å². The summed E-state index contributed by atoms with van der Waals surface area (Å²) >= 11 is 0. The van der Waals surface area contributed by atoms with Crippen LogP contribution in [0.5, 0.6) is 0 Å². The molecule has 2 rings (SSSR count). The summed E-state index contributed by atoms with van der Waals surface area (Å²) in [6.45, 7) is 6.26. The molecule has 1 atom stereocenters. The van der Waals surface area contributed by atoms with Gasteiger partial charge in [0.05, 0.1) is 10.9 Å². The number of nitrogens with zero attached hydrogens (tertiary/aromatic N) is 1. The Labute approximate surface area is 178 Å². The number of hydrogen-bond acceptors (Lipinski definition) is 3. The summed E-state index contributed by atoms with van der Waals surface area (Å²) in [7, 11) is -3.51. The first-order valence-corrected chi connectivity index (χ1v) is 10.6. The summed E-state index contributed by atoms with van der Waals surface area (Å²) < 4.78 is 40.0. The molecule has 0 heterocycles. The summed E-state index contributed by atoms with van der Waals surface area (Å²) in [5.74, 6) is -0.374. The minimum Gasteiger partial charge on any atom is -0.334 e. The third-order valence-electron chi connectivity index (χ3n) is 4.47. The molecule has 2 aromatic rings. The van der Waals surface area contributed by atoms with Gasteiger partial charge in [-0.25, -0.2) is 17.6 Å². The number of carbonyl (C=O) groups excluding carboxylic acids is 1. The van der Waals surface area contributed by atoms with E-state index in [-0.39, 0.29) is 35.7 Å². The Morgan fingerprint density at radius 1 is 1.07 bits per heavy atom. The molecule has 2 N–H and O–H groups in total. The fourth-order valence-electron chi connectivity index (χ4n) is 2.79. The fraction of sp³-hybridized carbons (Fsp3) is 0.350. The highest BCUT2D eigenvalue weighted by Gasteiger charge is 2.21. The van der Waals surface area contributed by atoms with Crippen molar-refractivity contribution in [1.29, 1.82) is 0 Å². The van der Waals surface area contributed by atoms with Crippen LogP contribution in [0, 0.1) is 5.82 Å². The molecule has 2 amide bonds. The lowest BCUT2D eigenvalue weighted by Gasteiger charge is -2.19. The summed E-state index contributed by atoms with van der Waals surface area (Å²) in [5, 5.41) is 5.37. The average Bonchev–Trinajstić information content (AvgIpc) is 2.68. The Balaban J connectivity index is 0.00000420. The molecule has 0 saturated heterocycles. The van der Waals surface area contributed by atoms with E-state index in [0.717, 1.165) is 5.56 Å². The van der Waals surface area contributed by atoms with E-state index < -0.39 is 16.1 Å². The predicted molar refractivity (Wildman–Crippen MR) is 114 cm³/mol. The second-order valence-electron chi connectivity index (χ2n) is 6.30. The van der Waals surface area contributed by atoms with Gasteiger partial charge in [0, 0.05) is 25.2 Å². The number of carbonyl (C=O) groups is 1. The predicted octanol–water partition coefficient (Wildman–Crippen LogP) is 3.84. The van der Waals surface area contributed by atoms with Gasteiger partial charge in [-0.1, -0.05) is 44.2 Å². The zero-order valence-electron chi connectivity index (χ0n) is 16.7. The van der Waals surface area contributed by atoms with Gasteiger partial charge in [-0.2, -0.15) is 4.31 Å². The van der Waals surface area contributed by atoms with E-state index >= 15 is 0 Å². The Bertz CT molecular complexity index is 903. The molecule has 9 heteroatoms. The fourth-order valence-corrected chi connectivity index (χ4v) is 4.25. The van der Waals surface area contributed by atoms with Crippen molar-refractivity contribution in [1.82, 2.24) is 14.9 Å². The van der Waals surface area contributed by atoms with Crippen LogP contribution < -0.4 is 10.6 Å². The molecule has 0 radical (unpaired) electrons. The zero-order valence-corrected chi connectivity index (χ0v) is 18.3. The first-order valence-electron chi connectivity index (χ1n) is 9.17. The Kier molecular flexibility index (Phi) is 9.55. The largest absolute Gasteiger partial charge is 0.334 e. The molecule has 0 saturated carbocycles. The molecular weight excluding hydrogens is 417 g/mol. The van der Waals surface area contributed by atoms with Crippen LogP contribution in [0.25, 0.3) is 0 Å². The van der Waals surface area contributed by atoms with E-state index in [1.165, 1.54) is 10.4 Å². The standard InChI is InChI=1S/C20H26FN3O3S.ClH/c1-4-24(5-2)28(26,27)18-12-10-16(11-13-18)15(3)23-20(25)22-14-17-8-6-7-9-19(17)21;/h6-13,15H,4-5,14H2,1-3H3,(H2,22,23,25);1H. The smallest absolute Gasteiger partial charge is 0.315 e. The number of nitrogens with one attached hydrogen (secondary N) is 2. The van der Waals surface area contributed by atoms with Crippen molar-refractivity contribution in [2.75, 3.05) is 13.1 Å². The molecule has 2 aromatic carbocycles. The van der Waals surface area contributed by atoms with Crippen molar-refractivity contribution in [2.24, 2.45) is 0 Å². The lowest BCUT2D eigenvalue weighted by molar-refractivity contribution is 0.237. The molecule has 0 aliphatic carbocycles. The SMILES string of the molecule is CCN(CC)S(=O)(=O)c1ccc(C(C)NC(=O)NCc2ccccc2F)cc1.Cl. The molecule has 29 heavy (non-hydrogen) atoms. The third-order valence-corrected chi connectivity index (χ3v) is 6.53. The zero-order chi connectivity index (χ0) is 20.7. The van der Waals surface area contributed by atoms with Crippen LogP contribution >= 0.6 is 12.4 Å². The number of urea groups is 1. The van der Waals surface area contributed by atoms with Gasteiger partial charge in [0.25, 0.3) is 0 Å². The van der Waals surface area contributed by atoms with Gasteiger partial charge < -0.3 is 10.6 Å². The molecule has 0 bridgehead atoms. The van der Waals surface area contributed by atoms with Crippen LogP contribution in [-0.4, -0.2) is 31.8 Å². The second kappa shape index (κ2) is 11.1. The van der Waals surface area contributed by atoms with E-state index in [2.05, 4.69) is 10.6 Å². The molecule has 0 fully saturated rings. The first-order chi connectivity index (χ1) is 13.3. The molecule has 0 aromatic heterocycles. The Morgan fingerprint density at radius 3 is 2.21 bits per heavy atom. The van der Waals surface area contributed by atoms with E-state index in [4.69, 9.17) is 0 Å². The maximum absolute atomic E-state index is 13.6. The summed E-state index contributed by atoms with van der Waals surface area (Å²) in [6, 6.07) is 11.9. The topological polar surface area (TPSA) is 78.5 Å². The Morgan fingerprint density at radius 2 is 1.66 bits per heavy atom. The van der Waals surface area contributed by atoms with Gasteiger partial charge in [-0.15, -0.1) is 12.4 Å². The maximum atomic E-state index is 13.6. The van der Waals surface area contributed by atoms with E-state index in [9.17, 15) is 17.6 Å². The molecule has 0 spiro atoms. The number of hydrogen-bond donors (Lipinski definition) is 2. The molecule has 6 nitrogen and oxygen atoms in total. The summed E-state index contributed by atoms with van der Waals surface area (Å²) in [4.78, 5) is 12.3. The number of sulfonamides is 1. The highest BCUT2D eigenvalue weighted by atomic mass is 35.5. The second-order valence-corrected chi connectivity index (χ2v) is 8.24. The normalized spacial score (nSPS) is 12.2. The monoisotopic (exact) mass is 443 g/mol. The molecular formula is C20H27ClFN3O3S. The van der Waals surface area contributed by atoms with E-state index in [1.54, 1.807) is 63.2 Å². The van der Waals surface area contributed by atoms with Crippen molar-refractivity contribution in [3.05, 3.63) is 65.5 Å². The average molecular weight is 444 g/mol. The van der Waals surface area contributed by atoms with Gasteiger partial charge in [-0.05, 0) is 30.7 Å². The summed E-state index contributed by atoms with van der Waals surface area (Å²) in [6.07, 6.45) is 0. The van der Waals surface area contributed by atoms with Crippen molar-refractivity contribution in [3.8, 4) is 0 Å². The molecule has 1 unspecified atom stereocenters. The lowest BCUT2D eigenvalue weighted by Crippen LogP contribution is -2.36. The first kappa shape index (κ1) is 24.9. The number of benzene rings is 2. The van der Waals surface area contributed by atoms with E-state index in [0.29, 0.717) is 18.7 Å². The third kappa shape index (κ3) is 6.42.